The molecule has 0 fully saturated rings. The zero-order chi connectivity index (χ0) is 16.1. The summed E-state index contributed by atoms with van der Waals surface area (Å²) in [7, 11) is 0. The fourth-order valence-electron chi connectivity index (χ4n) is 2.44. The van der Waals surface area contributed by atoms with E-state index in [4.69, 9.17) is 4.52 Å². The average molecular weight is 307 g/mol. The van der Waals surface area contributed by atoms with Crippen molar-refractivity contribution in [2.24, 2.45) is 0 Å². The lowest BCUT2D eigenvalue weighted by Crippen LogP contribution is -2.20. The van der Waals surface area contributed by atoms with E-state index in [1.807, 2.05) is 55.5 Å². The molecule has 0 radical (unpaired) electrons. The molecular formula is C18H17N3O2. The Hall–Kier alpha value is -2.95. The average Bonchev–Trinajstić information content (AvgIpc) is 3.06. The van der Waals surface area contributed by atoms with Crippen LogP contribution in [0.15, 0.2) is 65.3 Å². The third kappa shape index (κ3) is 3.45. The number of nitrogens with zero attached hydrogens (tertiary/aromatic N) is 2. The lowest BCUT2D eigenvalue weighted by molar-refractivity contribution is -0.117. The topological polar surface area (TPSA) is 68.0 Å². The Morgan fingerprint density at radius 2 is 1.91 bits per heavy atom. The normalized spacial score (nSPS) is 11.9. The highest BCUT2D eigenvalue weighted by Crippen LogP contribution is 2.23. The first kappa shape index (κ1) is 15.0. The molecule has 5 heteroatoms. The molecule has 3 aromatic rings. The smallest absolute Gasteiger partial charge is 0.234 e. The lowest BCUT2D eigenvalue weighted by atomic mass is 9.96. The Bertz CT molecular complexity index is 769. The molecule has 116 valence electrons. The van der Waals surface area contributed by atoms with E-state index < -0.39 is 0 Å². The number of anilines is 1. The number of hydrogen-bond donors (Lipinski definition) is 1. The van der Waals surface area contributed by atoms with E-state index >= 15 is 0 Å². The predicted octanol–water partition coefficient (Wildman–Crippen LogP) is 3.87. The third-order valence-electron chi connectivity index (χ3n) is 3.61. The van der Waals surface area contributed by atoms with Crippen LogP contribution in [0.1, 0.15) is 24.8 Å². The summed E-state index contributed by atoms with van der Waals surface area (Å²) in [6.07, 6.45) is 2.39. The van der Waals surface area contributed by atoms with Crippen LogP contribution in [0.5, 0.6) is 0 Å². The lowest BCUT2D eigenvalue weighted by Gasteiger charge is -2.13. The summed E-state index contributed by atoms with van der Waals surface area (Å²) >= 11 is 0. The molecule has 0 saturated carbocycles. The highest BCUT2D eigenvalue weighted by atomic mass is 16.5. The number of aromatic nitrogens is 2. The molecule has 1 atom stereocenters. The molecule has 2 heterocycles. The molecule has 0 aliphatic heterocycles. The minimum absolute atomic E-state index is 0.109. The van der Waals surface area contributed by atoms with Crippen molar-refractivity contribution in [2.75, 3.05) is 5.32 Å². The predicted molar refractivity (Wildman–Crippen MR) is 87.8 cm³/mol. The standard InChI is InChI=1S/C18H17N3O2/c1-2-14(13-8-4-3-5-9-13)18(22)20-17-12-16(21-23-17)15-10-6-7-11-19-15/h3-12,14H,2H2,1H3,(H,20,22)/t14-/m1/s1. The molecule has 0 aliphatic rings. The zero-order valence-corrected chi connectivity index (χ0v) is 12.8. The van der Waals surface area contributed by atoms with Gasteiger partial charge in [-0.1, -0.05) is 48.5 Å². The van der Waals surface area contributed by atoms with Crippen LogP contribution in [0.4, 0.5) is 5.88 Å². The van der Waals surface area contributed by atoms with Gasteiger partial charge in [0.15, 0.2) is 0 Å². The molecule has 1 amide bonds. The Labute approximate surface area is 134 Å². The van der Waals surface area contributed by atoms with Gasteiger partial charge >= 0.3 is 0 Å². The van der Waals surface area contributed by atoms with E-state index in [9.17, 15) is 4.79 Å². The van der Waals surface area contributed by atoms with Gasteiger partial charge in [-0.05, 0) is 24.1 Å². The van der Waals surface area contributed by atoms with Gasteiger partial charge < -0.3 is 4.52 Å². The number of benzene rings is 1. The summed E-state index contributed by atoms with van der Waals surface area (Å²) in [4.78, 5) is 16.7. The molecule has 23 heavy (non-hydrogen) atoms. The summed E-state index contributed by atoms with van der Waals surface area (Å²) in [5, 5.41) is 6.73. The molecule has 0 unspecified atom stereocenters. The van der Waals surface area contributed by atoms with E-state index in [2.05, 4.69) is 15.5 Å². The summed E-state index contributed by atoms with van der Waals surface area (Å²) in [5.74, 6) is -0.00736. The Morgan fingerprint density at radius 3 is 2.61 bits per heavy atom. The number of hydrogen-bond acceptors (Lipinski definition) is 4. The molecule has 1 N–H and O–H groups in total. The Morgan fingerprint density at radius 1 is 1.13 bits per heavy atom. The van der Waals surface area contributed by atoms with Crippen molar-refractivity contribution in [3.63, 3.8) is 0 Å². The maximum absolute atomic E-state index is 12.5. The van der Waals surface area contributed by atoms with Crippen molar-refractivity contribution in [1.82, 2.24) is 10.1 Å². The Kier molecular flexibility index (Phi) is 4.47. The highest BCUT2D eigenvalue weighted by Gasteiger charge is 2.20. The van der Waals surface area contributed by atoms with Gasteiger partial charge in [0.2, 0.25) is 11.8 Å². The Balaban J connectivity index is 1.74. The number of pyridine rings is 1. The van der Waals surface area contributed by atoms with Gasteiger partial charge in [-0.2, -0.15) is 0 Å². The van der Waals surface area contributed by atoms with Crippen LogP contribution in [0, 0.1) is 0 Å². The SMILES string of the molecule is CC[C@@H](C(=O)Nc1cc(-c2ccccn2)no1)c1ccccc1. The molecule has 0 spiro atoms. The second-order valence-corrected chi connectivity index (χ2v) is 5.15. The third-order valence-corrected chi connectivity index (χ3v) is 3.61. The molecule has 0 bridgehead atoms. The molecule has 5 nitrogen and oxygen atoms in total. The van der Waals surface area contributed by atoms with Gasteiger partial charge in [0, 0.05) is 12.3 Å². The largest absolute Gasteiger partial charge is 0.338 e. The molecular weight excluding hydrogens is 290 g/mol. The number of amides is 1. The number of rotatable bonds is 5. The van der Waals surface area contributed by atoms with E-state index in [1.54, 1.807) is 12.3 Å². The second-order valence-electron chi connectivity index (χ2n) is 5.15. The second kappa shape index (κ2) is 6.87. The minimum Gasteiger partial charge on any atom is -0.338 e. The van der Waals surface area contributed by atoms with Gasteiger partial charge in [-0.3, -0.25) is 15.1 Å². The van der Waals surface area contributed by atoms with E-state index in [1.165, 1.54) is 0 Å². The molecule has 2 aromatic heterocycles. The van der Waals surface area contributed by atoms with Crippen LogP contribution >= 0.6 is 0 Å². The maximum atomic E-state index is 12.5. The summed E-state index contributed by atoms with van der Waals surface area (Å²) < 4.78 is 5.20. The van der Waals surface area contributed by atoms with Crippen molar-refractivity contribution in [3.05, 3.63) is 66.4 Å². The van der Waals surface area contributed by atoms with E-state index in [0.29, 0.717) is 23.7 Å². The molecule has 0 aliphatic carbocycles. The van der Waals surface area contributed by atoms with Crippen molar-refractivity contribution < 1.29 is 9.32 Å². The van der Waals surface area contributed by atoms with Gasteiger partial charge in [0.25, 0.3) is 0 Å². The first-order chi connectivity index (χ1) is 11.3. The quantitative estimate of drug-likeness (QED) is 0.777. The van der Waals surface area contributed by atoms with Crippen LogP contribution < -0.4 is 5.32 Å². The number of nitrogens with one attached hydrogen (secondary N) is 1. The maximum Gasteiger partial charge on any atom is 0.234 e. The fraction of sp³-hybridized carbons (Fsp3) is 0.167. The molecule has 3 rings (SSSR count). The first-order valence-corrected chi connectivity index (χ1v) is 7.52. The summed E-state index contributed by atoms with van der Waals surface area (Å²) in [6.45, 7) is 1.98. The number of carbonyl (C=O) groups excluding carboxylic acids is 1. The van der Waals surface area contributed by atoms with Gasteiger partial charge in [-0.15, -0.1) is 0 Å². The number of carbonyl (C=O) groups is 1. The highest BCUT2D eigenvalue weighted by molar-refractivity contribution is 5.95. The summed E-state index contributed by atoms with van der Waals surface area (Å²) in [5.41, 5.74) is 2.28. The van der Waals surface area contributed by atoms with Crippen LogP contribution in [0.25, 0.3) is 11.4 Å². The van der Waals surface area contributed by atoms with Gasteiger partial charge in [-0.25, -0.2) is 0 Å². The van der Waals surface area contributed by atoms with Crippen molar-refractivity contribution in [2.45, 2.75) is 19.3 Å². The van der Waals surface area contributed by atoms with Gasteiger partial charge in [0.05, 0.1) is 11.6 Å². The monoisotopic (exact) mass is 307 g/mol. The van der Waals surface area contributed by atoms with Crippen molar-refractivity contribution >= 4 is 11.8 Å². The van der Waals surface area contributed by atoms with E-state index in [0.717, 1.165) is 5.56 Å². The molecule has 0 saturated heterocycles. The van der Waals surface area contributed by atoms with Gasteiger partial charge in [0.1, 0.15) is 5.69 Å². The van der Waals surface area contributed by atoms with Crippen LogP contribution in [-0.4, -0.2) is 16.0 Å². The zero-order valence-electron chi connectivity index (χ0n) is 12.8. The van der Waals surface area contributed by atoms with Crippen LogP contribution in [0.2, 0.25) is 0 Å². The first-order valence-electron chi connectivity index (χ1n) is 7.52. The fourth-order valence-corrected chi connectivity index (χ4v) is 2.44. The van der Waals surface area contributed by atoms with Crippen molar-refractivity contribution in [3.8, 4) is 11.4 Å². The van der Waals surface area contributed by atoms with Crippen molar-refractivity contribution in [1.29, 1.82) is 0 Å². The molecule has 1 aromatic carbocycles. The van der Waals surface area contributed by atoms with E-state index in [-0.39, 0.29) is 11.8 Å². The minimum atomic E-state index is -0.223. The van der Waals surface area contributed by atoms with Crippen LogP contribution in [-0.2, 0) is 4.79 Å². The van der Waals surface area contributed by atoms with Crippen LogP contribution in [0.3, 0.4) is 0 Å². The summed E-state index contributed by atoms with van der Waals surface area (Å²) in [6, 6.07) is 16.9.